The number of carbonyl (C=O) groups is 2. The minimum absolute atomic E-state index is 0.0254. The van der Waals surface area contributed by atoms with E-state index in [1.807, 2.05) is 0 Å². The standard InChI is InChI=1S/C17H20N4O4/c1-10(5-6-15(23)24)19-14(22)8-13-11(2)20-16(21-17(13)25)12-4-3-7-18-9-12/h3-4,7,9-10H,5-6,8H2,1-2H3,(H,19,22)(H,23,24)(H,20,21,25). The van der Waals surface area contributed by atoms with Crippen molar-refractivity contribution in [3.05, 3.63) is 46.1 Å². The van der Waals surface area contributed by atoms with Gasteiger partial charge in [0.25, 0.3) is 5.56 Å². The molecule has 1 atom stereocenters. The lowest BCUT2D eigenvalue weighted by Crippen LogP contribution is -2.35. The second-order valence-corrected chi connectivity index (χ2v) is 5.80. The lowest BCUT2D eigenvalue weighted by molar-refractivity contribution is -0.137. The Kier molecular flexibility index (Phi) is 5.99. The van der Waals surface area contributed by atoms with E-state index in [4.69, 9.17) is 5.11 Å². The topological polar surface area (TPSA) is 125 Å². The predicted molar refractivity (Wildman–Crippen MR) is 91.0 cm³/mol. The van der Waals surface area contributed by atoms with Crippen molar-refractivity contribution in [3.8, 4) is 11.4 Å². The van der Waals surface area contributed by atoms with E-state index in [2.05, 4.69) is 20.3 Å². The van der Waals surface area contributed by atoms with Crippen molar-refractivity contribution in [3.63, 3.8) is 0 Å². The van der Waals surface area contributed by atoms with Crippen LogP contribution in [0.15, 0.2) is 29.3 Å². The Morgan fingerprint density at radius 2 is 2.16 bits per heavy atom. The van der Waals surface area contributed by atoms with Crippen LogP contribution in [0.4, 0.5) is 0 Å². The third-order valence-electron chi connectivity index (χ3n) is 3.69. The van der Waals surface area contributed by atoms with Gasteiger partial charge in [-0.25, -0.2) is 4.98 Å². The number of aromatic nitrogens is 3. The summed E-state index contributed by atoms with van der Waals surface area (Å²) in [5, 5.41) is 11.3. The summed E-state index contributed by atoms with van der Waals surface area (Å²) in [4.78, 5) is 45.9. The lowest BCUT2D eigenvalue weighted by Gasteiger charge is -2.13. The molecule has 2 aromatic rings. The fourth-order valence-corrected chi connectivity index (χ4v) is 2.36. The van der Waals surface area contributed by atoms with Crippen molar-refractivity contribution in [2.45, 2.75) is 39.2 Å². The highest BCUT2D eigenvalue weighted by Crippen LogP contribution is 2.12. The van der Waals surface area contributed by atoms with E-state index >= 15 is 0 Å². The van der Waals surface area contributed by atoms with Crippen LogP contribution in [0.2, 0.25) is 0 Å². The zero-order chi connectivity index (χ0) is 18.4. The number of carboxylic acid groups (broad SMARTS) is 1. The van der Waals surface area contributed by atoms with Gasteiger partial charge in [-0.05, 0) is 32.4 Å². The molecule has 132 valence electrons. The molecule has 0 fully saturated rings. The maximum atomic E-state index is 12.3. The van der Waals surface area contributed by atoms with Crippen molar-refractivity contribution in [2.24, 2.45) is 0 Å². The summed E-state index contributed by atoms with van der Waals surface area (Å²) in [6, 6.07) is 3.23. The number of hydrogen-bond acceptors (Lipinski definition) is 5. The molecule has 0 aliphatic carbocycles. The maximum absolute atomic E-state index is 12.3. The highest BCUT2D eigenvalue weighted by atomic mass is 16.4. The molecule has 0 saturated heterocycles. The fourth-order valence-electron chi connectivity index (χ4n) is 2.36. The number of H-pyrrole nitrogens is 1. The zero-order valence-corrected chi connectivity index (χ0v) is 14.1. The van der Waals surface area contributed by atoms with Crippen LogP contribution < -0.4 is 10.9 Å². The van der Waals surface area contributed by atoms with E-state index < -0.39 is 5.97 Å². The van der Waals surface area contributed by atoms with Crippen LogP contribution in [-0.4, -0.2) is 38.0 Å². The number of amides is 1. The van der Waals surface area contributed by atoms with Gasteiger partial charge in [0.15, 0.2) is 0 Å². The molecule has 2 aromatic heterocycles. The molecule has 2 rings (SSSR count). The molecule has 0 saturated carbocycles. The Hall–Kier alpha value is -3.03. The zero-order valence-electron chi connectivity index (χ0n) is 14.1. The SMILES string of the molecule is Cc1nc(-c2cccnc2)[nH]c(=O)c1CC(=O)NC(C)CCC(=O)O. The normalized spacial score (nSPS) is 11.8. The van der Waals surface area contributed by atoms with Gasteiger partial charge in [0.05, 0.1) is 6.42 Å². The predicted octanol–water partition coefficient (Wildman–Crippen LogP) is 1.05. The average molecular weight is 344 g/mol. The van der Waals surface area contributed by atoms with Crippen molar-refractivity contribution >= 4 is 11.9 Å². The van der Waals surface area contributed by atoms with Gasteiger partial charge in [-0.3, -0.25) is 19.4 Å². The van der Waals surface area contributed by atoms with Crippen molar-refractivity contribution in [1.82, 2.24) is 20.3 Å². The molecule has 1 amide bonds. The smallest absolute Gasteiger partial charge is 0.303 e. The number of pyridine rings is 1. The van der Waals surface area contributed by atoms with Gasteiger partial charge in [0.1, 0.15) is 5.82 Å². The summed E-state index contributed by atoms with van der Waals surface area (Å²) in [7, 11) is 0. The molecule has 0 aromatic carbocycles. The molecular formula is C17H20N4O4. The van der Waals surface area contributed by atoms with Crippen molar-refractivity contribution in [1.29, 1.82) is 0 Å². The molecule has 25 heavy (non-hydrogen) atoms. The molecule has 0 radical (unpaired) electrons. The first-order valence-electron chi connectivity index (χ1n) is 7.88. The molecule has 8 heteroatoms. The molecular weight excluding hydrogens is 324 g/mol. The van der Waals surface area contributed by atoms with Crippen molar-refractivity contribution < 1.29 is 14.7 Å². The largest absolute Gasteiger partial charge is 0.481 e. The van der Waals surface area contributed by atoms with Gasteiger partial charge >= 0.3 is 5.97 Å². The van der Waals surface area contributed by atoms with E-state index in [0.29, 0.717) is 23.5 Å². The van der Waals surface area contributed by atoms with E-state index in [-0.39, 0.29) is 35.9 Å². The van der Waals surface area contributed by atoms with Gasteiger partial charge in [-0.15, -0.1) is 0 Å². The van der Waals surface area contributed by atoms with Gasteiger partial charge < -0.3 is 15.4 Å². The van der Waals surface area contributed by atoms with Crippen LogP contribution in [0.5, 0.6) is 0 Å². The average Bonchev–Trinajstić information content (AvgIpc) is 2.57. The summed E-state index contributed by atoms with van der Waals surface area (Å²) in [5.74, 6) is -0.861. The number of rotatable bonds is 7. The first kappa shape index (κ1) is 18.3. The molecule has 3 N–H and O–H groups in total. The number of nitrogens with one attached hydrogen (secondary N) is 2. The lowest BCUT2D eigenvalue weighted by atomic mass is 10.1. The summed E-state index contributed by atoms with van der Waals surface area (Å²) in [6.45, 7) is 3.40. The second-order valence-electron chi connectivity index (χ2n) is 5.80. The van der Waals surface area contributed by atoms with E-state index in [1.165, 1.54) is 0 Å². The third-order valence-corrected chi connectivity index (χ3v) is 3.69. The Labute approximate surface area is 144 Å². The Morgan fingerprint density at radius 3 is 2.76 bits per heavy atom. The number of aliphatic carboxylic acids is 1. The number of carbonyl (C=O) groups excluding carboxylic acids is 1. The molecule has 0 aliphatic heterocycles. The molecule has 0 aliphatic rings. The number of hydrogen-bond donors (Lipinski definition) is 3. The highest BCUT2D eigenvalue weighted by Gasteiger charge is 2.15. The van der Waals surface area contributed by atoms with Crippen LogP contribution in [0, 0.1) is 6.92 Å². The van der Waals surface area contributed by atoms with E-state index in [0.717, 1.165) is 0 Å². The highest BCUT2D eigenvalue weighted by molar-refractivity contribution is 5.79. The minimum atomic E-state index is -0.913. The summed E-state index contributed by atoms with van der Waals surface area (Å²) < 4.78 is 0. The molecule has 2 heterocycles. The number of carboxylic acids is 1. The van der Waals surface area contributed by atoms with Crippen LogP contribution in [0.3, 0.4) is 0 Å². The van der Waals surface area contributed by atoms with Gasteiger partial charge in [0.2, 0.25) is 5.91 Å². The fraction of sp³-hybridized carbons (Fsp3) is 0.353. The molecule has 0 bridgehead atoms. The van der Waals surface area contributed by atoms with Crippen LogP contribution in [0.1, 0.15) is 31.0 Å². The Morgan fingerprint density at radius 1 is 1.40 bits per heavy atom. The minimum Gasteiger partial charge on any atom is -0.481 e. The monoisotopic (exact) mass is 344 g/mol. The first-order chi connectivity index (χ1) is 11.9. The molecule has 1 unspecified atom stereocenters. The number of aromatic amines is 1. The van der Waals surface area contributed by atoms with Crippen LogP contribution in [0.25, 0.3) is 11.4 Å². The summed E-state index contributed by atoms with van der Waals surface area (Å²) >= 11 is 0. The van der Waals surface area contributed by atoms with E-state index in [9.17, 15) is 14.4 Å². The third kappa shape index (κ3) is 5.23. The first-order valence-corrected chi connectivity index (χ1v) is 7.88. The summed E-state index contributed by atoms with van der Waals surface area (Å²) in [6.07, 6.45) is 3.41. The van der Waals surface area contributed by atoms with Crippen LogP contribution >= 0.6 is 0 Å². The summed E-state index contributed by atoms with van der Waals surface area (Å²) in [5.41, 5.74) is 1.06. The maximum Gasteiger partial charge on any atom is 0.303 e. The second kappa shape index (κ2) is 8.18. The Bertz CT molecular complexity index is 817. The van der Waals surface area contributed by atoms with Gasteiger partial charge in [0, 0.05) is 41.7 Å². The van der Waals surface area contributed by atoms with E-state index in [1.54, 1.807) is 38.4 Å². The van der Waals surface area contributed by atoms with Crippen molar-refractivity contribution in [2.75, 3.05) is 0 Å². The van der Waals surface area contributed by atoms with Crippen LogP contribution in [-0.2, 0) is 16.0 Å². The quantitative estimate of drug-likeness (QED) is 0.689. The number of aryl methyl sites for hydroxylation is 1. The molecule has 8 nitrogen and oxygen atoms in total. The van der Waals surface area contributed by atoms with Gasteiger partial charge in [-0.1, -0.05) is 0 Å². The number of nitrogens with zero attached hydrogens (tertiary/aromatic N) is 2. The van der Waals surface area contributed by atoms with Gasteiger partial charge in [-0.2, -0.15) is 0 Å². The Balaban J connectivity index is 2.09. The molecule has 0 spiro atoms.